The summed E-state index contributed by atoms with van der Waals surface area (Å²) in [4.78, 5) is 19.0. The Balaban J connectivity index is 1.96. The van der Waals surface area contributed by atoms with Gasteiger partial charge in [-0.1, -0.05) is 0 Å². The molecule has 2 aromatic rings. The summed E-state index contributed by atoms with van der Waals surface area (Å²) in [6.07, 6.45) is 0.260. The molecule has 118 valence electrons. The lowest BCUT2D eigenvalue weighted by Crippen LogP contribution is -2.45. The molecule has 0 N–H and O–H groups in total. The molecular formula is C16H20FN3O2. The summed E-state index contributed by atoms with van der Waals surface area (Å²) in [5, 5.41) is 0. The summed E-state index contributed by atoms with van der Waals surface area (Å²) < 4.78 is 20.6. The van der Waals surface area contributed by atoms with E-state index in [2.05, 4.69) is 9.88 Å². The Kier molecular flexibility index (Phi) is 3.97. The van der Waals surface area contributed by atoms with Crippen molar-refractivity contribution in [3.05, 3.63) is 40.1 Å². The van der Waals surface area contributed by atoms with E-state index in [1.165, 1.54) is 16.7 Å². The van der Waals surface area contributed by atoms with Crippen LogP contribution in [0, 0.1) is 5.82 Å². The predicted octanol–water partition coefficient (Wildman–Crippen LogP) is 1.68. The lowest BCUT2D eigenvalue weighted by atomic mass is 10.2. The number of rotatable bonds is 2. The van der Waals surface area contributed by atoms with Crippen molar-refractivity contribution in [3.63, 3.8) is 0 Å². The first-order valence-electron chi connectivity index (χ1n) is 7.47. The van der Waals surface area contributed by atoms with Crippen molar-refractivity contribution in [1.29, 1.82) is 0 Å². The first-order valence-corrected chi connectivity index (χ1v) is 7.47. The molecule has 0 aliphatic carbocycles. The molecular weight excluding hydrogens is 285 g/mol. The van der Waals surface area contributed by atoms with Gasteiger partial charge in [0.05, 0.1) is 23.2 Å². The minimum absolute atomic E-state index is 0.130. The Morgan fingerprint density at radius 1 is 1.32 bits per heavy atom. The van der Waals surface area contributed by atoms with Gasteiger partial charge in [0.2, 0.25) is 0 Å². The molecule has 0 bridgehead atoms. The quantitative estimate of drug-likeness (QED) is 0.847. The first-order chi connectivity index (χ1) is 10.4. The highest BCUT2D eigenvalue weighted by atomic mass is 19.1. The molecule has 6 heteroatoms. The highest BCUT2D eigenvalue weighted by Crippen LogP contribution is 2.15. The van der Waals surface area contributed by atoms with Gasteiger partial charge in [-0.3, -0.25) is 9.69 Å². The number of halogens is 1. The van der Waals surface area contributed by atoms with E-state index in [0.717, 1.165) is 13.1 Å². The topological polar surface area (TPSA) is 47.4 Å². The lowest BCUT2D eigenvalue weighted by molar-refractivity contribution is -0.0708. The monoisotopic (exact) mass is 305 g/mol. The van der Waals surface area contributed by atoms with Gasteiger partial charge in [-0.15, -0.1) is 0 Å². The fraction of sp³-hybridized carbons (Fsp3) is 0.500. The van der Waals surface area contributed by atoms with Crippen LogP contribution in [0.2, 0.25) is 0 Å². The second kappa shape index (κ2) is 5.78. The van der Waals surface area contributed by atoms with Crippen molar-refractivity contribution in [1.82, 2.24) is 14.5 Å². The standard InChI is InChI=1S/C16H20FN3O2/c1-10-7-20(8-11(2)22-10)9-14-16(21)19(3)15-5-4-12(17)6-13(15)18-14/h4-6,10-11H,7-9H2,1-3H3/t10-,11-/m0/s1. The molecule has 2 atom stereocenters. The van der Waals surface area contributed by atoms with Gasteiger partial charge in [-0.2, -0.15) is 0 Å². The number of nitrogens with zero attached hydrogens (tertiary/aromatic N) is 3. The van der Waals surface area contributed by atoms with E-state index < -0.39 is 0 Å². The summed E-state index contributed by atoms with van der Waals surface area (Å²) in [7, 11) is 1.69. The first kappa shape index (κ1) is 15.1. The fourth-order valence-electron chi connectivity index (χ4n) is 3.09. The Morgan fingerprint density at radius 3 is 2.68 bits per heavy atom. The maximum absolute atomic E-state index is 13.4. The zero-order valence-corrected chi connectivity index (χ0v) is 13.0. The minimum atomic E-state index is -0.349. The van der Waals surface area contributed by atoms with Crippen LogP contribution in [-0.2, 0) is 18.3 Å². The molecule has 0 unspecified atom stereocenters. The van der Waals surface area contributed by atoms with Gasteiger partial charge in [0, 0.05) is 32.7 Å². The molecule has 0 saturated carbocycles. The van der Waals surface area contributed by atoms with Gasteiger partial charge >= 0.3 is 0 Å². The number of aryl methyl sites for hydroxylation is 1. The number of fused-ring (bicyclic) bond motifs is 1. The summed E-state index contributed by atoms with van der Waals surface area (Å²) in [5.74, 6) is -0.349. The minimum Gasteiger partial charge on any atom is -0.373 e. The summed E-state index contributed by atoms with van der Waals surface area (Å²) in [6, 6.07) is 4.29. The van der Waals surface area contributed by atoms with Gasteiger partial charge < -0.3 is 9.30 Å². The van der Waals surface area contributed by atoms with Crippen LogP contribution in [0.25, 0.3) is 11.0 Å². The second-order valence-electron chi connectivity index (χ2n) is 6.01. The van der Waals surface area contributed by atoms with Crippen LogP contribution in [0.5, 0.6) is 0 Å². The van der Waals surface area contributed by atoms with Gasteiger partial charge in [0.15, 0.2) is 0 Å². The highest BCUT2D eigenvalue weighted by Gasteiger charge is 2.23. The van der Waals surface area contributed by atoms with E-state index in [9.17, 15) is 9.18 Å². The number of aromatic nitrogens is 2. The maximum atomic E-state index is 13.4. The largest absolute Gasteiger partial charge is 0.373 e. The van der Waals surface area contributed by atoms with Gasteiger partial charge in [0.1, 0.15) is 11.5 Å². The fourth-order valence-corrected chi connectivity index (χ4v) is 3.09. The Hall–Kier alpha value is -1.79. The molecule has 1 aromatic carbocycles. The van der Waals surface area contributed by atoms with Crippen molar-refractivity contribution in [2.45, 2.75) is 32.6 Å². The summed E-state index contributed by atoms with van der Waals surface area (Å²) >= 11 is 0. The third-order valence-electron chi connectivity index (χ3n) is 3.97. The molecule has 1 fully saturated rings. The normalized spacial score (nSPS) is 23.1. The van der Waals surface area contributed by atoms with Crippen LogP contribution in [0.3, 0.4) is 0 Å². The highest BCUT2D eigenvalue weighted by molar-refractivity contribution is 5.74. The molecule has 3 rings (SSSR count). The molecule has 1 aliphatic rings. The number of morpholine rings is 1. The van der Waals surface area contributed by atoms with E-state index in [1.807, 2.05) is 13.8 Å². The van der Waals surface area contributed by atoms with Crippen LogP contribution < -0.4 is 5.56 Å². The summed E-state index contributed by atoms with van der Waals surface area (Å²) in [5.41, 5.74) is 1.46. The smallest absolute Gasteiger partial charge is 0.273 e. The van der Waals surface area contributed by atoms with E-state index in [0.29, 0.717) is 23.3 Å². The Labute approximate surface area is 128 Å². The van der Waals surface area contributed by atoms with Crippen molar-refractivity contribution in [2.75, 3.05) is 13.1 Å². The molecule has 1 aliphatic heterocycles. The predicted molar refractivity (Wildman–Crippen MR) is 82.2 cm³/mol. The van der Waals surface area contributed by atoms with E-state index in [1.54, 1.807) is 13.1 Å². The van der Waals surface area contributed by atoms with E-state index in [4.69, 9.17) is 4.74 Å². The molecule has 5 nitrogen and oxygen atoms in total. The van der Waals surface area contributed by atoms with Crippen LogP contribution in [0.1, 0.15) is 19.5 Å². The Bertz CT molecular complexity index is 749. The average molecular weight is 305 g/mol. The molecule has 22 heavy (non-hydrogen) atoms. The molecule has 1 saturated heterocycles. The number of ether oxygens (including phenoxy) is 1. The number of hydrogen-bond acceptors (Lipinski definition) is 4. The second-order valence-corrected chi connectivity index (χ2v) is 6.01. The summed E-state index contributed by atoms with van der Waals surface area (Å²) in [6.45, 7) is 6.01. The van der Waals surface area contributed by atoms with Crippen LogP contribution in [0.15, 0.2) is 23.0 Å². The van der Waals surface area contributed by atoms with E-state index >= 15 is 0 Å². The molecule has 2 heterocycles. The van der Waals surface area contributed by atoms with Crippen LogP contribution in [0.4, 0.5) is 4.39 Å². The maximum Gasteiger partial charge on any atom is 0.273 e. The van der Waals surface area contributed by atoms with Gasteiger partial charge in [-0.25, -0.2) is 9.37 Å². The number of benzene rings is 1. The van der Waals surface area contributed by atoms with Gasteiger partial charge in [-0.05, 0) is 26.0 Å². The van der Waals surface area contributed by atoms with Crippen LogP contribution >= 0.6 is 0 Å². The SMILES string of the molecule is C[C@H]1CN(Cc2nc3cc(F)ccc3n(C)c2=O)C[C@H](C)O1. The number of hydrogen-bond donors (Lipinski definition) is 0. The molecule has 0 spiro atoms. The Morgan fingerprint density at radius 2 is 2.00 bits per heavy atom. The zero-order chi connectivity index (χ0) is 15.9. The third-order valence-corrected chi connectivity index (χ3v) is 3.97. The third kappa shape index (κ3) is 2.89. The van der Waals surface area contributed by atoms with Crippen molar-refractivity contribution in [3.8, 4) is 0 Å². The zero-order valence-electron chi connectivity index (χ0n) is 13.0. The molecule has 0 amide bonds. The molecule has 1 aromatic heterocycles. The molecule has 0 radical (unpaired) electrons. The van der Waals surface area contributed by atoms with Gasteiger partial charge in [0.25, 0.3) is 5.56 Å². The average Bonchev–Trinajstić information content (AvgIpc) is 2.43. The van der Waals surface area contributed by atoms with E-state index in [-0.39, 0.29) is 23.6 Å². The van der Waals surface area contributed by atoms with Crippen molar-refractivity contribution < 1.29 is 9.13 Å². The van der Waals surface area contributed by atoms with Crippen molar-refractivity contribution in [2.24, 2.45) is 7.05 Å². The lowest BCUT2D eigenvalue weighted by Gasteiger charge is -2.34. The van der Waals surface area contributed by atoms with Crippen molar-refractivity contribution >= 4 is 11.0 Å². The van der Waals surface area contributed by atoms with Crippen LogP contribution in [-0.4, -0.2) is 39.7 Å².